The lowest BCUT2D eigenvalue weighted by Crippen LogP contribution is -2.63. The van der Waals surface area contributed by atoms with Crippen molar-refractivity contribution < 1.29 is 68.4 Å². The Bertz CT molecular complexity index is 1980. The summed E-state index contributed by atoms with van der Waals surface area (Å²) >= 11 is 3.97. The van der Waals surface area contributed by atoms with Gasteiger partial charge in [-0.05, 0) is 68.9 Å². The summed E-state index contributed by atoms with van der Waals surface area (Å²) in [6.45, 7) is 10.9. The SMILES string of the molecule is CC[C@H](C)[C@H](NC(=O)[C@H](CO)NC(=O)[C@@H](N)CS)C(=O)N[C@H](C(=O)N[C@H](C(=O)N[C@@H](Cc1ccccc1)C(=O)N[C@@H](CCC(=O)O)C(=O)N[C@@H](CCCCN)C(=O)N[C@@H](CC(C)C)C(=O)O)[C@@H](C)O)[C@@H](C)CC. The Hall–Kier alpha value is -5.89. The molecule has 0 unspecified atom stereocenters. The lowest BCUT2D eigenvalue weighted by Gasteiger charge is -2.31. The minimum absolute atomic E-state index is 0.0111. The van der Waals surface area contributed by atoms with Crippen molar-refractivity contribution in [1.29, 1.82) is 0 Å². The highest BCUT2D eigenvalue weighted by molar-refractivity contribution is 7.80. The van der Waals surface area contributed by atoms with Gasteiger partial charge in [-0.1, -0.05) is 84.7 Å². The molecule has 8 amide bonds. The molecule has 73 heavy (non-hydrogen) atoms. The number of carboxylic acids is 2. The molecule has 16 N–H and O–H groups in total. The van der Waals surface area contributed by atoms with Crippen LogP contribution in [-0.4, -0.2) is 159 Å². The van der Waals surface area contributed by atoms with Gasteiger partial charge in [-0.25, -0.2) is 4.79 Å². The zero-order valence-corrected chi connectivity index (χ0v) is 43.7. The van der Waals surface area contributed by atoms with Gasteiger partial charge in [0.05, 0.1) is 18.8 Å². The monoisotopic (exact) mass is 1050 g/mol. The summed E-state index contributed by atoms with van der Waals surface area (Å²) in [6, 6.07) is -4.52. The Morgan fingerprint density at radius 2 is 1.01 bits per heavy atom. The molecular weight excluding hydrogens is 973 g/mol. The maximum Gasteiger partial charge on any atom is 0.326 e. The van der Waals surface area contributed by atoms with Crippen LogP contribution < -0.4 is 54.0 Å². The van der Waals surface area contributed by atoms with Crippen molar-refractivity contribution in [3.8, 4) is 0 Å². The number of thiol groups is 1. The Labute approximate surface area is 432 Å². The van der Waals surface area contributed by atoms with Crippen LogP contribution >= 0.6 is 12.6 Å². The minimum atomic E-state index is -1.77. The molecule has 0 saturated heterocycles. The quantitative estimate of drug-likeness (QED) is 0.0257. The van der Waals surface area contributed by atoms with Crippen LogP contribution in [0.15, 0.2) is 30.3 Å². The summed E-state index contributed by atoms with van der Waals surface area (Å²) in [7, 11) is 0. The molecule has 0 bridgehead atoms. The number of rotatable bonds is 35. The van der Waals surface area contributed by atoms with Crippen LogP contribution in [0.1, 0.15) is 105 Å². The van der Waals surface area contributed by atoms with E-state index in [4.69, 9.17) is 11.5 Å². The number of unbranched alkanes of at least 4 members (excludes halogenated alkanes) is 1. The summed E-state index contributed by atoms with van der Waals surface area (Å²) in [5.74, 6) is -11.3. The molecule has 0 aliphatic rings. The lowest BCUT2D eigenvalue weighted by molar-refractivity contribution is -0.143. The molecule has 0 saturated carbocycles. The van der Waals surface area contributed by atoms with Crippen molar-refractivity contribution in [2.75, 3.05) is 18.9 Å². The number of hydrogen-bond acceptors (Lipinski definition) is 15. The van der Waals surface area contributed by atoms with E-state index in [2.05, 4.69) is 55.2 Å². The molecule has 412 valence electrons. The molecule has 0 aromatic heterocycles. The fourth-order valence-corrected chi connectivity index (χ4v) is 7.40. The summed E-state index contributed by atoms with van der Waals surface area (Å²) in [4.78, 5) is 133. The van der Waals surface area contributed by atoms with Gasteiger partial charge in [0.15, 0.2) is 0 Å². The van der Waals surface area contributed by atoms with E-state index in [9.17, 15) is 68.4 Å². The zero-order valence-electron chi connectivity index (χ0n) is 42.9. The standard InChI is InChI=1S/C48H80N10O14S/c1-8-26(5)37(56-44(67)35(23-59)55-40(63)30(50)24-73)45(68)57-38(27(6)9-2)46(69)58-39(28(7)60)47(70)53-33(22-29-15-11-10-12-16-29)43(66)52-32(18-19-36(61)62)42(65)51-31(17-13-14-20-49)41(64)54-34(48(71)72)21-25(3)4/h10-12,15-16,25-28,30-35,37-39,59-60,73H,8-9,13-14,17-24,49-50H2,1-7H3,(H,51,65)(H,52,66)(H,53,70)(H,54,64)(H,55,63)(H,56,67)(H,57,68)(H,58,69)(H,61,62)(H,71,72)/t26-,27-,28+,30-,31-,32-,33-,34-,35-,37-,38-,39-/m0/s1. The molecule has 1 aromatic rings. The fourth-order valence-electron chi connectivity index (χ4n) is 7.23. The van der Waals surface area contributed by atoms with E-state index in [0.29, 0.717) is 31.2 Å². The predicted octanol–water partition coefficient (Wildman–Crippen LogP) is -2.05. The van der Waals surface area contributed by atoms with Gasteiger partial charge in [-0.3, -0.25) is 43.2 Å². The van der Waals surface area contributed by atoms with Crippen LogP contribution in [0.2, 0.25) is 0 Å². The van der Waals surface area contributed by atoms with E-state index in [1.165, 1.54) is 6.92 Å². The number of carboxylic acid groups (broad SMARTS) is 2. The minimum Gasteiger partial charge on any atom is -0.481 e. The van der Waals surface area contributed by atoms with Gasteiger partial charge in [-0.15, -0.1) is 0 Å². The third-order valence-electron chi connectivity index (χ3n) is 12.1. The molecule has 25 heteroatoms. The second-order valence-electron chi connectivity index (χ2n) is 18.6. The number of aliphatic carboxylic acids is 2. The third kappa shape index (κ3) is 23.2. The highest BCUT2D eigenvalue weighted by Crippen LogP contribution is 2.15. The van der Waals surface area contributed by atoms with Crippen LogP contribution in [0.25, 0.3) is 0 Å². The number of carbonyl (C=O) groups is 10. The topological polar surface area (TPSA) is 400 Å². The first-order valence-corrected chi connectivity index (χ1v) is 25.3. The van der Waals surface area contributed by atoms with E-state index in [0.717, 1.165) is 0 Å². The molecule has 0 fully saturated rings. The Morgan fingerprint density at radius 3 is 1.47 bits per heavy atom. The van der Waals surface area contributed by atoms with Gasteiger partial charge in [0.1, 0.15) is 48.3 Å². The number of nitrogens with one attached hydrogen (secondary N) is 8. The van der Waals surface area contributed by atoms with Crippen LogP contribution in [-0.2, 0) is 54.4 Å². The van der Waals surface area contributed by atoms with Gasteiger partial charge in [0.2, 0.25) is 47.3 Å². The van der Waals surface area contributed by atoms with Crippen LogP contribution in [0.3, 0.4) is 0 Å². The number of aliphatic hydroxyl groups is 2. The molecule has 0 aliphatic heterocycles. The Morgan fingerprint density at radius 1 is 0.575 bits per heavy atom. The van der Waals surface area contributed by atoms with Gasteiger partial charge in [0, 0.05) is 18.6 Å². The molecule has 1 rings (SSSR count). The molecule has 0 aliphatic carbocycles. The first-order chi connectivity index (χ1) is 34.3. The molecule has 0 radical (unpaired) electrons. The summed E-state index contributed by atoms with van der Waals surface area (Å²) in [5.41, 5.74) is 11.9. The van der Waals surface area contributed by atoms with E-state index in [1.807, 2.05) is 0 Å². The van der Waals surface area contributed by atoms with Gasteiger partial charge in [0.25, 0.3) is 0 Å². The van der Waals surface area contributed by atoms with Crippen LogP contribution in [0.4, 0.5) is 0 Å². The first-order valence-electron chi connectivity index (χ1n) is 24.6. The number of amides is 8. The van der Waals surface area contributed by atoms with E-state index < -0.39 is 151 Å². The second-order valence-corrected chi connectivity index (χ2v) is 19.0. The van der Waals surface area contributed by atoms with Crippen molar-refractivity contribution in [1.82, 2.24) is 42.5 Å². The van der Waals surface area contributed by atoms with Crippen molar-refractivity contribution in [3.63, 3.8) is 0 Å². The highest BCUT2D eigenvalue weighted by Gasteiger charge is 2.38. The fraction of sp³-hybridized carbons (Fsp3) is 0.667. The van der Waals surface area contributed by atoms with Crippen LogP contribution in [0.5, 0.6) is 0 Å². The summed E-state index contributed by atoms with van der Waals surface area (Å²) in [6.07, 6.45) is -1.43. The number of aliphatic hydroxyl groups excluding tert-OH is 2. The molecule has 0 spiro atoms. The average molecular weight is 1050 g/mol. The molecule has 1 aromatic carbocycles. The molecular formula is C48H80N10O14S. The number of benzene rings is 1. The Balaban J connectivity index is 3.56. The van der Waals surface area contributed by atoms with Crippen molar-refractivity contribution in [3.05, 3.63) is 35.9 Å². The molecule has 24 nitrogen and oxygen atoms in total. The van der Waals surface area contributed by atoms with Crippen molar-refractivity contribution in [2.45, 2.75) is 167 Å². The molecule has 0 heterocycles. The van der Waals surface area contributed by atoms with E-state index in [1.54, 1.807) is 71.9 Å². The Kier molecular flexibility index (Phi) is 30.1. The summed E-state index contributed by atoms with van der Waals surface area (Å²) < 4.78 is 0. The number of nitrogens with two attached hydrogens (primary N) is 2. The van der Waals surface area contributed by atoms with Gasteiger partial charge >= 0.3 is 11.9 Å². The normalized spacial score (nSPS) is 16.2. The maximum absolute atomic E-state index is 14.3. The van der Waals surface area contributed by atoms with Gasteiger partial charge < -0.3 is 74.4 Å². The zero-order chi connectivity index (χ0) is 55.5. The van der Waals surface area contributed by atoms with Crippen molar-refractivity contribution >= 4 is 71.8 Å². The van der Waals surface area contributed by atoms with Crippen LogP contribution in [0, 0.1) is 17.8 Å². The second kappa shape index (κ2) is 33.8. The lowest BCUT2D eigenvalue weighted by atomic mass is 9.94. The smallest absolute Gasteiger partial charge is 0.326 e. The molecule has 12 atom stereocenters. The van der Waals surface area contributed by atoms with E-state index in [-0.39, 0.29) is 37.5 Å². The number of carbonyl (C=O) groups excluding carboxylic acids is 8. The highest BCUT2D eigenvalue weighted by atomic mass is 32.1. The largest absolute Gasteiger partial charge is 0.481 e. The number of hydrogen-bond donors (Lipinski definition) is 15. The first kappa shape index (κ1) is 65.1. The van der Waals surface area contributed by atoms with E-state index >= 15 is 0 Å². The average Bonchev–Trinajstić information content (AvgIpc) is 3.34. The third-order valence-corrected chi connectivity index (χ3v) is 12.5. The summed E-state index contributed by atoms with van der Waals surface area (Å²) in [5, 5.41) is 60.1. The predicted molar refractivity (Wildman–Crippen MR) is 272 cm³/mol. The van der Waals surface area contributed by atoms with Crippen molar-refractivity contribution in [2.24, 2.45) is 29.2 Å². The van der Waals surface area contributed by atoms with Gasteiger partial charge in [-0.2, -0.15) is 12.6 Å². The maximum atomic E-state index is 14.3.